The zero-order valence-electron chi connectivity index (χ0n) is 13.7. The molecule has 2 aromatic carbocycles. The van der Waals surface area contributed by atoms with Crippen molar-refractivity contribution in [3.05, 3.63) is 53.9 Å². The van der Waals surface area contributed by atoms with E-state index in [2.05, 4.69) is 15.3 Å². The molecule has 0 saturated heterocycles. The van der Waals surface area contributed by atoms with Crippen LogP contribution in [-0.4, -0.2) is 21.8 Å². The third kappa shape index (κ3) is 4.00. The molecule has 3 aromatic rings. The molecule has 0 aliphatic rings. The number of nitrogens with two attached hydrogens (primary N) is 1. The van der Waals surface area contributed by atoms with Gasteiger partial charge in [-0.05, 0) is 36.4 Å². The summed E-state index contributed by atoms with van der Waals surface area (Å²) in [5.41, 5.74) is 7.98. The maximum absolute atomic E-state index is 11.5. The largest absolute Gasteiger partial charge is 0.366 e. The Morgan fingerprint density at radius 3 is 2.64 bits per heavy atom. The molecular formula is C18H18N4O2S. The highest BCUT2D eigenvalue weighted by Gasteiger charge is 2.11. The van der Waals surface area contributed by atoms with E-state index in [1.54, 1.807) is 23.9 Å². The first-order chi connectivity index (χ1) is 12.1. The van der Waals surface area contributed by atoms with Crippen molar-refractivity contribution in [3.8, 4) is 0 Å². The summed E-state index contributed by atoms with van der Waals surface area (Å²) in [4.78, 5) is 31.6. The van der Waals surface area contributed by atoms with Crippen molar-refractivity contribution in [2.75, 3.05) is 5.32 Å². The van der Waals surface area contributed by atoms with E-state index in [4.69, 9.17) is 5.73 Å². The number of amides is 2. The number of hydrogen-bond donors (Lipinski definition) is 3. The molecule has 0 spiro atoms. The van der Waals surface area contributed by atoms with Gasteiger partial charge in [0.15, 0.2) is 0 Å². The Morgan fingerprint density at radius 1 is 1.20 bits per heavy atom. The molecule has 2 amide bonds. The van der Waals surface area contributed by atoms with Crippen molar-refractivity contribution in [1.82, 2.24) is 9.97 Å². The van der Waals surface area contributed by atoms with E-state index in [-0.39, 0.29) is 5.91 Å². The van der Waals surface area contributed by atoms with Crippen LogP contribution in [0.5, 0.6) is 0 Å². The number of rotatable bonds is 6. The molecule has 6 nitrogen and oxygen atoms in total. The van der Waals surface area contributed by atoms with Crippen LogP contribution in [-0.2, 0) is 10.5 Å². The Morgan fingerprint density at radius 2 is 1.96 bits per heavy atom. The predicted molar refractivity (Wildman–Crippen MR) is 99.5 cm³/mol. The van der Waals surface area contributed by atoms with Crippen molar-refractivity contribution in [1.29, 1.82) is 0 Å². The van der Waals surface area contributed by atoms with E-state index in [0.29, 0.717) is 23.3 Å². The molecule has 0 saturated carbocycles. The number of H-pyrrole nitrogens is 1. The van der Waals surface area contributed by atoms with E-state index < -0.39 is 5.91 Å². The van der Waals surface area contributed by atoms with Gasteiger partial charge in [0, 0.05) is 17.0 Å². The summed E-state index contributed by atoms with van der Waals surface area (Å²) in [5, 5.41) is 2.82. The topological polar surface area (TPSA) is 101 Å². The molecule has 0 radical (unpaired) electrons. The molecule has 0 bridgehead atoms. The molecule has 0 fully saturated rings. The van der Waals surface area contributed by atoms with Gasteiger partial charge in [0.25, 0.3) is 5.91 Å². The van der Waals surface area contributed by atoms with E-state index in [0.717, 1.165) is 21.9 Å². The molecule has 128 valence electrons. The molecule has 0 atom stereocenters. The summed E-state index contributed by atoms with van der Waals surface area (Å²) in [6.45, 7) is 1.82. The zero-order chi connectivity index (χ0) is 17.8. The number of nitrogens with one attached hydrogen (secondary N) is 2. The third-order valence-electron chi connectivity index (χ3n) is 3.66. The Bertz CT molecular complexity index is 918. The standard InChI is InChI=1S/C18H18N4O2S/c1-2-16(23)20-11-6-8-12(9-7-11)25-10-15-21-14-5-3-4-13(18(19)24)17(14)22-15/h3-9H,2,10H2,1H3,(H2,19,24)(H,20,23)(H,21,22). The van der Waals surface area contributed by atoms with Crippen LogP contribution in [0.25, 0.3) is 11.0 Å². The third-order valence-corrected chi connectivity index (χ3v) is 4.69. The monoisotopic (exact) mass is 354 g/mol. The van der Waals surface area contributed by atoms with E-state index in [1.807, 2.05) is 37.3 Å². The summed E-state index contributed by atoms with van der Waals surface area (Å²) < 4.78 is 0. The molecule has 0 unspecified atom stereocenters. The van der Waals surface area contributed by atoms with Gasteiger partial charge in [-0.3, -0.25) is 9.59 Å². The average molecular weight is 354 g/mol. The number of anilines is 1. The lowest BCUT2D eigenvalue weighted by Crippen LogP contribution is -2.11. The maximum Gasteiger partial charge on any atom is 0.250 e. The lowest BCUT2D eigenvalue weighted by atomic mass is 10.2. The van der Waals surface area contributed by atoms with Crippen LogP contribution in [0.15, 0.2) is 47.4 Å². The number of fused-ring (bicyclic) bond motifs is 1. The van der Waals surface area contributed by atoms with Crippen molar-refractivity contribution >= 4 is 40.3 Å². The van der Waals surface area contributed by atoms with Crippen LogP contribution >= 0.6 is 11.8 Å². The molecule has 0 aliphatic heterocycles. The van der Waals surface area contributed by atoms with Crippen molar-refractivity contribution in [2.45, 2.75) is 24.0 Å². The SMILES string of the molecule is CCC(=O)Nc1ccc(SCc2nc3c(C(N)=O)cccc3[nH]2)cc1. The summed E-state index contributed by atoms with van der Waals surface area (Å²) in [6, 6.07) is 13.0. The summed E-state index contributed by atoms with van der Waals surface area (Å²) in [5.74, 6) is 0.916. The number of aromatic nitrogens is 2. The second-order valence-electron chi connectivity index (χ2n) is 5.46. The maximum atomic E-state index is 11.5. The van der Waals surface area contributed by atoms with Gasteiger partial charge >= 0.3 is 0 Å². The number of benzene rings is 2. The Kier molecular flexibility index (Phi) is 5.04. The highest BCUT2D eigenvalue weighted by molar-refractivity contribution is 7.98. The van der Waals surface area contributed by atoms with E-state index >= 15 is 0 Å². The van der Waals surface area contributed by atoms with E-state index in [9.17, 15) is 9.59 Å². The molecule has 3 rings (SSSR count). The van der Waals surface area contributed by atoms with Crippen molar-refractivity contribution < 1.29 is 9.59 Å². The Balaban J connectivity index is 1.69. The number of nitrogens with zero attached hydrogens (tertiary/aromatic N) is 1. The average Bonchev–Trinajstić information content (AvgIpc) is 3.03. The quantitative estimate of drug-likeness (QED) is 0.591. The van der Waals surface area contributed by atoms with Gasteiger partial charge in [0.2, 0.25) is 5.91 Å². The number of imidazole rings is 1. The predicted octanol–water partition coefficient (Wildman–Crippen LogP) is 3.30. The molecule has 1 heterocycles. The minimum Gasteiger partial charge on any atom is -0.366 e. The highest BCUT2D eigenvalue weighted by Crippen LogP contribution is 2.25. The highest BCUT2D eigenvalue weighted by atomic mass is 32.2. The van der Waals surface area contributed by atoms with Gasteiger partial charge < -0.3 is 16.0 Å². The molecular weight excluding hydrogens is 336 g/mol. The van der Waals surface area contributed by atoms with Gasteiger partial charge in [-0.1, -0.05) is 13.0 Å². The fourth-order valence-corrected chi connectivity index (χ4v) is 3.15. The fraction of sp³-hybridized carbons (Fsp3) is 0.167. The van der Waals surface area contributed by atoms with Crippen LogP contribution in [0.1, 0.15) is 29.5 Å². The second-order valence-corrected chi connectivity index (χ2v) is 6.51. The molecule has 25 heavy (non-hydrogen) atoms. The lowest BCUT2D eigenvalue weighted by molar-refractivity contribution is -0.115. The number of primary amides is 1. The van der Waals surface area contributed by atoms with Gasteiger partial charge in [0.05, 0.1) is 16.8 Å². The van der Waals surface area contributed by atoms with Crippen LogP contribution in [0, 0.1) is 0 Å². The number of carbonyl (C=O) groups is 2. The zero-order valence-corrected chi connectivity index (χ0v) is 14.5. The first kappa shape index (κ1) is 17.0. The minimum absolute atomic E-state index is 0.00654. The Labute approximate surface area is 149 Å². The molecule has 1 aromatic heterocycles. The van der Waals surface area contributed by atoms with Crippen LogP contribution in [0.3, 0.4) is 0 Å². The molecule has 0 aliphatic carbocycles. The van der Waals surface area contributed by atoms with Gasteiger partial charge in [0.1, 0.15) is 11.3 Å². The minimum atomic E-state index is -0.485. The summed E-state index contributed by atoms with van der Waals surface area (Å²) in [6.07, 6.45) is 0.454. The molecule has 4 N–H and O–H groups in total. The Hall–Kier alpha value is -2.80. The number of thioether (sulfide) groups is 1. The summed E-state index contributed by atoms with van der Waals surface area (Å²) >= 11 is 1.61. The summed E-state index contributed by atoms with van der Waals surface area (Å²) in [7, 11) is 0. The number of carbonyl (C=O) groups excluding carboxylic acids is 2. The first-order valence-corrected chi connectivity index (χ1v) is 8.85. The smallest absolute Gasteiger partial charge is 0.250 e. The second kappa shape index (κ2) is 7.40. The first-order valence-electron chi connectivity index (χ1n) is 7.87. The van der Waals surface area contributed by atoms with Crippen LogP contribution in [0.2, 0.25) is 0 Å². The normalized spacial score (nSPS) is 10.8. The number of hydrogen-bond acceptors (Lipinski definition) is 4. The van der Waals surface area contributed by atoms with Gasteiger partial charge in [-0.15, -0.1) is 11.8 Å². The van der Waals surface area contributed by atoms with Gasteiger partial charge in [-0.25, -0.2) is 4.98 Å². The van der Waals surface area contributed by atoms with E-state index in [1.165, 1.54) is 0 Å². The van der Waals surface area contributed by atoms with Crippen LogP contribution < -0.4 is 11.1 Å². The van der Waals surface area contributed by atoms with Crippen molar-refractivity contribution in [2.24, 2.45) is 5.73 Å². The van der Waals surface area contributed by atoms with Crippen molar-refractivity contribution in [3.63, 3.8) is 0 Å². The van der Waals surface area contributed by atoms with Gasteiger partial charge in [-0.2, -0.15) is 0 Å². The molecule has 7 heteroatoms. The lowest BCUT2D eigenvalue weighted by Gasteiger charge is -2.04. The fourth-order valence-electron chi connectivity index (χ4n) is 2.39. The number of para-hydroxylation sites is 1. The number of aromatic amines is 1. The van der Waals surface area contributed by atoms with Crippen LogP contribution in [0.4, 0.5) is 5.69 Å².